The van der Waals surface area contributed by atoms with Crippen molar-refractivity contribution in [3.8, 4) is 0 Å². The minimum absolute atomic E-state index is 0.282. The van der Waals surface area contributed by atoms with E-state index in [9.17, 15) is 0 Å². The molecule has 0 spiro atoms. The maximum Gasteiger partial charge on any atom is 0.130 e. The SMILES string of the molecule is CCNc1cccc(N(C)CC(C)(C)C)n1. The van der Waals surface area contributed by atoms with Gasteiger partial charge in [-0.25, -0.2) is 4.98 Å². The van der Waals surface area contributed by atoms with Crippen LogP contribution in [0.15, 0.2) is 18.2 Å². The number of aromatic nitrogens is 1. The molecule has 0 amide bonds. The minimum Gasteiger partial charge on any atom is -0.370 e. The van der Waals surface area contributed by atoms with Gasteiger partial charge < -0.3 is 10.2 Å². The third kappa shape index (κ3) is 4.09. The van der Waals surface area contributed by atoms with E-state index in [1.54, 1.807) is 0 Å². The van der Waals surface area contributed by atoms with Gasteiger partial charge >= 0.3 is 0 Å². The van der Waals surface area contributed by atoms with E-state index in [0.717, 1.165) is 24.7 Å². The molecule has 1 heterocycles. The van der Waals surface area contributed by atoms with Crippen molar-refractivity contribution in [2.45, 2.75) is 27.7 Å². The lowest BCUT2D eigenvalue weighted by molar-refractivity contribution is 0.418. The Morgan fingerprint density at radius 1 is 1.31 bits per heavy atom. The molecule has 0 radical (unpaired) electrons. The summed E-state index contributed by atoms with van der Waals surface area (Å²) in [6.07, 6.45) is 0. The lowest BCUT2D eigenvalue weighted by atomic mass is 9.96. The van der Waals surface area contributed by atoms with Gasteiger partial charge in [-0.1, -0.05) is 26.8 Å². The van der Waals surface area contributed by atoms with E-state index in [4.69, 9.17) is 0 Å². The zero-order valence-corrected chi connectivity index (χ0v) is 11.0. The highest BCUT2D eigenvalue weighted by atomic mass is 15.2. The Balaban J connectivity index is 2.75. The molecule has 1 rings (SSSR count). The van der Waals surface area contributed by atoms with Crippen molar-refractivity contribution >= 4 is 11.6 Å². The van der Waals surface area contributed by atoms with Gasteiger partial charge in [-0.15, -0.1) is 0 Å². The third-order valence-electron chi connectivity index (χ3n) is 2.19. The van der Waals surface area contributed by atoms with Crippen molar-refractivity contribution in [3.05, 3.63) is 18.2 Å². The summed E-state index contributed by atoms with van der Waals surface area (Å²) in [7, 11) is 2.09. The van der Waals surface area contributed by atoms with Crippen molar-refractivity contribution < 1.29 is 0 Å². The largest absolute Gasteiger partial charge is 0.370 e. The second kappa shape index (κ2) is 5.19. The summed E-state index contributed by atoms with van der Waals surface area (Å²) in [4.78, 5) is 6.76. The van der Waals surface area contributed by atoms with Gasteiger partial charge in [-0.05, 0) is 24.5 Å². The van der Waals surface area contributed by atoms with E-state index in [1.807, 2.05) is 18.2 Å². The summed E-state index contributed by atoms with van der Waals surface area (Å²) in [5.41, 5.74) is 0.282. The highest BCUT2D eigenvalue weighted by Crippen LogP contribution is 2.19. The van der Waals surface area contributed by atoms with Gasteiger partial charge in [-0.2, -0.15) is 0 Å². The Bertz CT molecular complexity index is 328. The molecule has 1 aromatic rings. The molecule has 0 aliphatic rings. The summed E-state index contributed by atoms with van der Waals surface area (Å²) in [6.45, 7) is 10.7. The third-order valence-corrected chi connectivity index (χ3v) is 2.19. The van der Waals surface area contributed by atoms with Crippen LogP contribution in [0.1, 0.15) is 27.7 Å². The lowest BCUT2D eigenvalue weighted by Gasteiger charge is -2.27. The molecule has 3 heteroatoms. The number of pyridine rings is 1. The molecule has 0 aliphatic carbocycles. The number of hydrogen-bond donors (Lipinski definition) is 1. The lowest BCUT2D eigenvalue weighted by Crippen LogP contribution is -2.29. The van der Waals surface area contributed by atoms with Gasteiger partial charge in [0.1, 0.15) is 11.6 Å². The smallest absolute Gasteiger partial charge is 0.130 e. The molecular weight excluding hydrogens is 198 g/mol. The van der Waals surface area contributed by atoms with Crippen molar-refractivity contribution in [2.24, 2.45) is 5.41 Å². The Kier molecular flexibility index (Phi) is 4.16. The summed E-state index contributed by atoms with van der Waals surface area (Å²) in [6, 6.07) is 6.09. The first-order chi connectivity index (χ1) is 7.42. The first-order valence-electron chi connectivity index (χ1n) is 5.84. The molecule has 0 atom stereocenters. The highest BCUT2D eigenvalue weighted by molar-refractivity contribution is 5.46. The fourth-order valence-corrected chi connectivity index (χ4v) is 1.71. The molecular formula is C13H23N3. The van der Waals surface area contributed by atoms with Crippen LogP contribution in [-0.2, 0) is 0 Å². The van der Waals surface area contributed by atoms with Crippen molar-refractivity contribution in [3.63, 3.8) is 0 Å². The van der Waals surface area contributed by atoms with Crippen LogP contribution in [0.2, 0.25) is 0 Å². The first-order valence-corrected chi connectivity index (χ1v) is 5.84. The number of nitrogens with one attached hydrogen (secondary N) is 1. The van der Waals surface area contributed by atoms with Crippen LogP contribution in [-0.4, -0.2) is 25.1 Å². The Morgan fingerprint density at radius 2 is 2.00 bits per heavy atom. The van der Waals surface area contributed by atoms with Crippen LogP contribution in [0.5, 0.6) is 0 Å². The van der Waals surface area contributed by atoms with Gasteiger partial charge in [0.2, 0.25) is 0 Å². The van der Waals surface area contributed by atoms with Crippen LogP contribution >= 0.6 is 0 Å². The van der Waals surface area contributed by atoms with Gasteiger partial charge in [0.05, 0.1) is 0 Å². The Morgan fingerprint density at radius 3 is 2.56 bits per heavy atom. The number of anilines is 2. The van der Waals surface area contributed by atoms with Gasteiger partial charge in [-0.3, -0.25) is 0 Å². The number of nitrogens with zero attached hydrogens (tertiary/aromatic N) is 2. The van der Waals surface area contributed by atoms with Gasteiger partial charge in [0.25, 0.3) is 0 Å². The first kappa shape index (κ1) is 12.8. The van der Waals surface area contributed by atoms with Crippen molar-refractivity contribution in [1.29, 1.82) is 0 Å². The van der Waals surface area contributed by atoms with Crippen LogP contribution in [0.3, 0.4) is 0 Å². The van der Waals surface area contributed by atoms with Gasteiger partial charge in [0, 0.05) is 20.1 Å². The monoisotopic (exact) mass is 221 g/mol. The zero-order valence-electron chi connectivity index (χ0n) is 11.0. The average Bonchev–Trinajstić information content (AvgIpc) is 2.16. The van der Waals surface area contributed by atoms with E-state index in [-0.39, 0.29) is 5.41 Å². The zero-order chi connectivity index (χ0) is 12.2. The molecule has 90 valence electrons. The standard InChI is InChI=1S/C13H23N3/c1-6-14-11-8-7-9-12(15-11)16(5)10-13(2,3)4/h7-9H,6,10H2,1-5H3,(H,14,15). The molecule has 3 nitrogen and oxygen atoms in total. The molecule has 1 N–H and O–H groups in total. The Hall–Kier alpha value is -1.25. The van der Waals surface area contributed by atoms with Crippen LogP contribution in [0.25, 0.3) is 0 Å². The van der Waals surface area contributed by atoms with E-state index >= 15 is 0 Å². The summed E-state index contributed by atoms with van der Waals surface area (Å²) >= 11 is 0. The van der Waals surface area contributed by atoms with Crippen molar-refractivity contribution in [1.82, 2.24) is 4.98 Å². The topological polar surface area (TPSA) is 28.2 Å². The quantitative estimate of drug-likeness (QED) is 0.847. The van der Waals surface area contributed by atoms with E-state index in [1.165, 1.54) is 0 Å². The van der Waals surface area contributed by atoms with Crippen LogP contribution in [0.4, 0.5) is 11.6 Å². The average molecular weight is 221 g/mol. The molecule has 0 saturated heterocycles. The number of hydrogen-bond acceptors (Lipinski definition) is 3. The maximum absolute atomic E-state index is 4.56. The number of rotatable bonds is 4. The Labute approximate surface area is 98.9 Å². The normalized spacial score (nSPS) is 11.3. The van der Waals surface area contributed by atoms with E-state index < -0.39 is 0 Å². The summed E-state index contributed by atoms with van der Waals surface area (Å²) in [5.74, 6) is 1.97. The predicted octanol–water partition coefficient (Wildman–Crippen LogP) is 3.00. The molecule has 0 saturated carbocycles. The molecule has 0 unspecified atom stereocenters. The van der Waals surface area contributed by atoms with Gasteiger partial charge in [0.15, 0.2) is 0 Å². The highest BCUT2D eigenvalue weighted by Gasteiger charge is 2.14. The molecule has 16 heavy (non-hydrogen) atoms. The fraction of sp³-hybridized carbons (Fsp3) is 0.615. The van der Waals surface area contributed by atoms with Crippen molar-refractivity contribution in [2.75, 3.05) is 30.4 Å². The van der Waals surface area contributed by atoms with Crippen LogP contribution < -0.4 is 10.2 Å². The molecule has 0 fully saturated rings. The fourth-order valence-electron chi connectivity index (χ4n) is 1.71. The summed E-state index contributed by atoms with van der Waals surface area (Å²) < 4.78 is 0. The minimum atomic E-state index is 0.282. The van der Waals surface area contributed by atoms with E-state index in [0.29, 0.717) is 0 Å². The summed E-state index contributed by atoms with van der Waals surface area (Å²) in [5, 5.41) is 3.23. The second-order valence-corrected chi connectivity index (χ2v) is 5.33. The van der Waals surface area contributed by atoms with E-state index in [2.05, 4.69) is 49.9 Å². The molecule has 0 bridgehead atoms. The molecule has 0 aromatic carbocycles. The van der Waals surface area contributed by atoms with Crippen LogP contribution in [0, 0.1) is 5.41 Å². The maximum atomic E-state index is 4.56. The molecule has 0 aliphatic heterocycles. The predicted molar refractivity (Wildman–Crippen MR) is 71.1 cm³/mol. The molecule has 1 aromatic heterocycles. The second-order valence-electron chi connectivity index (χ2n) is 5.33.